The van der Waals surface area contributed by atoms with E-state index in [9.17, 15) is 13.6 Å². The standard InChI is InChI=1S/C15H11F2N5O2/c16-15(17)24-12-5-3-11(4-6-12)22-9-19-13(21-22)14(23)20-10-2-1-7-18-8-10/h1-9,15H,(H,20,23). The van der Waals surface area contributed by atoms with Crippen molar-refractivity contribution < 1.29 is 18.3 Å². The van der Waals surface area contributed by atoms with E-state index >= 15 is 0 Å². The molecule has 9 heteroatoms. The van der Waals surface area contributed by atoms with Gasteiger partial charge in [0.2, 0.25) is 5.82 Å². The van der Waals surface area contributed by atoms with Crippen molar-refractivity contribution in [2.45, 2.75) is 6.61 Å². The minimum atomic E-state index is -2.88. The summed E-state index contributed by atoms with van der Waals surface area (Å²) in [6.07, 6.45) is 4.43. The summed E-state index contributed by atoms with van der Waals surface area (Å²) in [5.74, 6) is -0.491. The molecule has 0 fully saturated rings. The number of rotatable bonds is 5. The molecular weight excluding hydrogens is 320 g/mol. The Morgan fingerprint density at radius 2 is 2.00 bits per heavy atom. The molecule has 3 rings (SSSR count). The van der Waals surface area contributed by atoms with E-state index in [1.165, 1.54) is 41.5 Å². The summed E-state index contributed by atoms with van der Waals surface area (Å²) in [6.45, 7) is -2.88. The zero-order chi connectivity index (χ0) is 16.9. The Hall–Kier alpha value is -3.36. The molecule has 0 aliphatic carbocycles. The van der Waals surface area contributed by atoms with Crippen LogP contribution in [0.4, 0.5) is 14.5 Å². The summed E-state index contributed by atoms with van der Waals surface area (Å²) in [6, 6.07) is 9.16. The first-order valence-corrected chi connectivity index (χ1v) is 6.80. The smallest absolute Gasteiger partial charge is 0.387 e. The van der Waals surface area contributed by atoms with Gasteiger partial charge in [0, 0.05) is 6.20 Å². The number of nitrogens with one attached hydrogen (secondary N) is 1. The normalized spacial score (nSPS) is 10.6. The summed E-state index contributed by atoms with van der Waals surface area (Å²) in [5, 5.41) is 6.66. The van der Waals surface area contributed by atoms with Crippen molar-refractivity contribution in [3.05, 3.63) is 60.9 Å². The molecule has 2 aromatic heterocycles. The fourth-order valence-electron chi connectivity index (χ4n) is 1.90. The van der Waals surface area contributed by atoms with Gasteiger partial charge >= 0.3 is 6.61 Å². The van der Waals surface area contributed by atoms with Crippen LogP contribution in [-0.2, 0) is 0 Å². The van der Waals surface area contributed by atoms with E-state index in [0.717, 1.165) is 0 Å². The Balaban J connectivity index is 1.72. The molecule has 0 bridgehead atoms. The van der Waals surface area contributed by atoms with Crippen molar-refractivity contribution in [2.24, 2.45) is 0 Å². The molecule has 1 aromatic carbocycles. The lowest BCUT2D eigenvalue weighted by Crippen LogP contribution is -2.14. The molecule has 1 N–H and O–H groups in total. The van der Waals surface area contributed by atoms with Crippen LogP contribution in [0.1, 0.15) is 10.6 Å². The maximum absolute atomic E-state index is 12.1. The number of aromatic nitrogens is 4. The molecule has 122 valence electrons. The molecular formula is C15H11F2N5O2. The predicted octanol–water partition coefficient (Wildman–Crippen LogP) is 2.52. The molecule has 3 aromatic rings. The van der Waals surface area contributed by atoms with E-state index in [1.807, 2.05) is 0 Å². The number of nitrogens with zero attached hydrogens (tertiary/aromatic N) is 4. The van der Waals surface area contributed by atoms with Crippen LogP contribution in [0.2, 0.25) is 0 Å². The second-order valence-corrected chi connectivity index (χ2v) is 4.58. The van der Waals surface area contributed by atoms with E-state index in [0.29, 0.717) is 11.4 Å². The quantitative estimate of drug-likeness (QED) is 0.777. The number of halogens is 2. The lowest BCUT2D eigenvalue weighted by Gasteiger charge is -2.05. The number of pyridine rings is 1. The molecule has 0 saturated heterocycles. The number of hydrogen-bond acceptors (Lipinski definition) is 5. The van der Waals surface area contributed by atoms with Crippen LogP contribution in [-0.4, -0.2) is 32.3 Å². The SMILES string of the molecule is O=C(Nc1cccnc1)c1ncn(-c2ccc(OC(F)F)cc2)n1. The number of ether oxygens (including phenoxy) is 1. The van der Waals surface area contributed by atoms with Crippen molar-refractivity contribution in [1.29, 1.82) is 0 Å². The molecule has 2 heterocycles. The topological polar surface area (TPSA) is 81.9 Å². The summed E-state index contributed by atoms with van der Waals surface area (Å²) in [5.41, 5.74) is 1.07. The van der Waals surface area contributed by atoms with Gasteiger partial charge in [-0.1, -0.05) is 0 Å². The summed E-state index contributed by atoms with van der Waals surface area (Å²) in [7, 11) is 0. The van der Waals surface area contributed by atoms with Gasteiger partial charge in [0.05, 0.1) is 17.6 Å². The molecule has 0 radical (unpaired) electrons. The van der Waals surface area contributed by atoms with Gasteiger partial charge < -0.3 is 10.1 Å². The summed E-state index contributed by atoms with van der Waals surface area (Å²) < 4.78 is 29.9. The molecule has 1 amide bonds. The predicted molar refractivity (Wildman–Crippen MR) is 80.2 cm³/mol. The molecule has 7 nitrogen and oxygen atoms in total. The number of anilines is 1. The van der Waals surface area contributed by atoms with E-state index in [1.54, 1.807) is 18.3 Å². The highest BCUT2D eigenvalue weighted by molar-refractivity contribution is 6.01. The Kier molecular flexibility index (Phi) is 4.41. The Labute approximate surface area is 134 Å². The van der Waals surface area contributed by atoms with Gasteiger partial charge in [-0.15, -0.1) is 5.10 Å². The van der Waals surface area contributed by atoms with Gasteiger partial charge in [-0.2, -0.15) is 8.78 Å². The molecule has 0 atom stereocenters. The van der Waals surface area contributed by atoms with Crippen LogP contribution in [0.3, 0.4) is 0 Å². The largest absolute Gasteiger partial charge is 0.435 e. The average molecular weight is 331 g/mol. The number of carbonyl (C=O) groups is 1. The monoisotopic (exact) mass is 331 g/mol. The van der Waals surface area contributed by atoms with Gasteiger partial charge in [-0.25, -0.2) is 9.67 Å². The van der Waals surface area contributed by atoms with Crippen LogP contribution in [0.25, 0.3) is 5.69 Å². The first-order chi connectivity index (χ1) is 11.6. The van der Waals surface area contributed by atoms with Gasteiger partial charge in [0.25, 0.3) is 5.91 Å². The van der Waals surface area contributed by atoms with E-state index < -0.39 is 12.5 Å². The first kappa shape index (κ1) is 15.5. The van der Waals surface area contributed by atoms with Crippen LogP contribution < -0.4 is 10.1 Å². The minimum Gasteiger partial charge on any atom is -0.435 e. The third-order valence-electron chi connectivity index (χ3n) is 2.94. The van der Waals surface area contributed by atoms with Crippen LogP contribution in [0.15, 0.2) is 55.1 Å². The highest BCUT2D eigenvalue weighted by Crippen LogP contribution is 2.17. The molecule has 0 saturated carbocycles. The van der Waals surface area contributed by atoms with Crippen LogP contribution in [0, 0.1) is 0 Å². The minimum absolute atomic E-state index is 0.0309. The summed E-state index contributed by atoms with van der Waals surface area (Å²) in [4.78, 5) is 19.9. The fraction of sp³-hybridized carbons (Fsp3) is 0.0667. The third kappa shape index (κ3) is 3.69. The third-order valence-corrected chi connectivity index (χ3v) is 2.94. The van der Waals surface area contributed by atoms with Crippen LogP contribution in [0.5, 0.6) is 5.75 Å². The number of hydrogen-bond donors (Lipinski definition) is 1. The van der Waals surface area contributed by atoms with Gasteiger partial charge in [-0.3, -0.25) is 9.78 Å². The van der Waals surface area contributed by atoms with E-state index in [2.05, 4.69) is 25.1 Å². The number of carbonyl (C=O) groups excluding carboxylic acids is 1. The first-order valence-electron chi connectivity index (χ1n) is 6.80. The second kappa shape index (κ2) is 6.82. The number of alkyl halides is 2. The fourth-order valence-corrected chi connectivity index (χ4v) is 1.90. The second-order valence-electron chi connectivity index (χ2n) is 4.58. The van der Waals surface area contributed by atoms with Gasteiger partial charge in [-0.05, 0) is 36.4 Å². The molecule has 0 unspecified atom stereocenters. The van der Waals surface area contributed by atoms with Crippen molar-refractivity contribution in [3.8, 4) is 11.4 Å². The van der Waals surface area contributed by atoms with Gasteiger partial charge in [0.15, 0.2) is 0 Å². The van der Waals surface area contributed by atoms with Crippen molar-refractivity contribution >= 4 is 11.6 Å². The van der Waals surface area contributed by atoms with Crippen molar-refractivity contribution in [2.75, 3.05) is 5.32 Å². The highest BCUT2D eigenvalue weighted by atomic mass is 19.3. The Morgan fingerprint density at radius 3 is 2.67 bits per heavy atom. The molecule has 0 aliphatic rings. The Bertz CT molecular complexity index is 821. The highest BCUT2D eigenvalue weighted by Gasteiger charge is 2.13. The van der Waals surface area contributed by atoms with E-state index in [-0.39, 0.29) is 11.6 Å². The van der Waals surface area contributed by atoms with Crippen LogP contribution >= 0.6 is 0 Å². The molecule has 24 heavy (non-hydrogen) atoms. The van der Waals surface area contributed by atoms with E-state index in [4.69, 9.17) is 0 Å². The maximum Gasteiger partial charge on any atom is 0.387 e. The lowest BCUT2D eigenvalue weighted by atomic mass is 10.3. The number of benzene rings is 1. The van der Waals surface area contributed by atoms with Crippen molar-refractivity contribution in [3.63, 3.8) is 0 Å². The number of amides is 1. The zero-order valence-electron chi connectivity index (χ0n) is 12.1. The molecule has 0 spiro atoms. The lowest BCUT2D eigenvalue weighted by molar-refractivity contribution is -0.0498. The molecule has 0 aliphatic heterocycles. The maximum atomic E-state index is 12.1. The van der Waals surface area contributed by atoms with Crippen molar-refractivity contribution in [1.82, 2.24) is 19.7 Å². The summed E-state index contributed by atoms with van der Waals surface area (Å²) >= 11 is 0. The van der Waals surface area contributed by atoms with Gasteiger partial charge in [0.1, 0.15) is 12.1 Å². The average Bonchev–Trinajstić information content (AvgIpc) is 3.06. The zero-order valence-corrected chi connectivity index (χ0v) is 12.1. The Morgan fingerprint density at radius 1 is 1.21 bits per heavy atom.